The Hall–Kier alpha value is -3.15. The lowest BCUT2D eigenvalue weighted by Gasteiger charge is -2.22. The molecule has 1 saturated heterocycles. The van der Waals surface area contributed by atoms with Crippen molar-refractivity contribution in [3.8, 4) is 0 Å². The van der Waals surface area contributed by atoms with Gasteiger partial charge in [0.1, 0.15) is 12.1 Å². The number of nitrogens with zero attached hydrogens (tertiary/aromatic N) is 1. The summed E-state index contributed by atoms with van der Waals surface area (Å²) in [6.45, 7) is 5.76. The van der Waals surface area contributed by atoms with E-state index in [4.69, 9.17) is 0 Å². The van der Waals surface area contributed by atoms with Crippen LogP contribution in [0.2, 0.25) is 0 Å². The van der Waals surface area contributed by atoms with E-state index in [-0.39, 0.29) is 18.4 Å². The zero-order valence-corrected chi connectivity index (χ0v) is 16.4. The summed E-state index contributed by atoms with van der Waals surface area (Å²) in [6.07, 6.45) is 0. The van der Waals surface area contributed by atoms with Gasteiger partial charge in [-0.15, -0.1) is 0 Å². The van der Waals surface area contributed by atoms with Crippen molar-refractivity contribution < 1.29 is 14.4 Å². The lowest BCUT2D eigenvalue weighted by atomic mass is 9.91. The molecule has 2 aromatic rings. The summed E-state index contributed by atoms with van der Waals surface area (Å²) in [7, 11) is 0. The maximum absolute atomic E-state index is 12.9. The average molecular weight is 379 g/mol. The van der Waals surface area contributed by atoms with Gasteiger partial charge in [-0.3, -0.25) is 14.5 Å². The first-order valence-electron chi connectivity index (χ1n) is 9.34. The fourth-order valence-electron chi connectivity index (χ4n) is 3.29. The molecule has 0 radical (unpaired) electrons. The van der Waals surface area contributed by atoms with Gasteiger partial charge in [0.2, 0.25) is 5.91 Å². The van der Waals surface area contributed by atoms with Gasteiger partial charge in [-0.1, -0.05) is 67.1 Å². The molecular formula is C22H25N3O3. The van der Waals surface area contributed by atoms with Crippen LogP contribution in [0.4, 0.5) is 4.79 Å². The van der Waals surface area contributed by atoms with Crippen LogP contribution < -0.4 is 10.6 Å². The Morgan fingerprint density at radius 2 is 1.75 bits per heavy atom. The predicted molar refractivity (Wildman–Crippen MR) is 107 cm³/mol. The highest BCUT2D eigenvalue weighted by atomic mass is 16.2. The molecule has 1 fully saturated rings. The molecule has 4 amide bonds. The molecule has 2 aromatic carbocycles. The number of benzene rings is 2. The van der Waals surface area contributed by atoms with Crippen LogP contribution in [0.3, 0.4) is 0 Å². The van der Waals surface area contributed by atoms with Crippen LogP contribution >= 0.6 is 0 Å². The second kappa shape index (κ2) is 7.84. The highest BCUT2D eigenvalue weighted by Gasteiger charge is 2.49. The van der Waals surface area contributed by atoms with Gasteiger partial charge in [-0.05, 0) is 30.9 Å². The number of hydrogen-bond acceptors (Lipinski definition) is 3. The van der Waals surface area contributed by atoms with Gasteiger partial charge in [0, 0.05) is 6.54 Å². The van der Waals surface area contributed by atoms with E-state index in [2.05, 4.69) is 10.6 Å². The molecular weight excluding hydrogens is 354 g/mol. The normalized spacial score (nSPS) is 20.0. The topological polar surface area (TPSA) is 78.5 Å². The molecule has 2 atom stereocenters. The van der Waals surface area contributed by atoms with E-state index in [1.165, 1.54) is 0 Å². The van der Waals surface area contributed by atoms with E-state index in [0.717, 1.165) is 16.0 Å². The van der Waals surface area contributed by atoms with Crippen LogP contribution in [0.1, 0.15) is 36.5 Å². The van der Waals surface area contributed by atoms with E-state index in [1.54, 1.807) is 6.92 Å². The summed E-state index contributed by atoms with van der Waals surface area (Å²) < 4.78 is 0. The van der Waals surface area contributed by atoms with Crippen molar-refractivity contribution in [2.24, 2.45) is 0 Å². The van der Waals surface area contributed by atoms with Crippen molar-refractivity contribution in [2.75, 3.05) is 13.1 Å². The summed E-state index contributed by atoms with van der Waals surface area (Å²) in [5.41, 5.74) is 1.71. The van der Waals surface area contributed by atoms with Crippen LogP contribution in [-0.2, 0) is 15.1 Å². The molecule has 2 N–H and O–H groups in total. The second-order valence-corrected chi connectivity index (χ2v) is 7.43. The van der Waals surface area contributed by atoms with E-state index in [1.807, 2.05) is 68.4 Å². The number of amides is 4. The van der Waals surface area contributed by atoms with Gasteiger partial charge in [0.05, 0.1) is 0 Å². The monoisotopic (exact) mass is 379 g/mol. The fourth-order valence-corrected chi connectivity index (χ4v) is 3.29. The minimum atomic E-state index is -1.16. The molecule has 1 aliphatic heterocycles. The molecule has 1 aliphatic rings. The molecule has 0 aromatic heterocycles. The second-order valence-electron chi connectivity index (χ2n) is 7.43. The first kappa shape index (κ1) is 19.6. The van der Waals surface area contributed by atoms with Gasteiger partial charge >= 0.3 is 6.03 Å². The Morgan fingerprint density at radius 3 is 2.39 bits per heavy atom. The van der Waals surface area contributed by atoms with E-state index in [9.17, 15) is 14.4 Å². The van der Waals surface area contributed by atoms with Crippen molar-refractivity contribution in [1.82, 2.24) is 15.5 Å². The van der Waals surface area contributed by atoms with Crippen molar-refractivity contribution >= 4 is 17.8 Å². The lowest BCUT2D eigenvalue weighted by Crippen LogP contribution is -2.43. The third-order valence-electron chi connectivity index (χ3n) is 5.18. The SMILES string of the molecule is Cc1ccc([C@]2(C)NC(=O)N(CC(=O)NC[C@@H](C)c3ccccc3)C2=O)cc1. The summed E-state index contributed by atoms with van der Waals surface area (Å²) in [6, 6.07) is 16.7. The maximum atomic E-state index is 12.9. The van der Waals surface area contributed by atoms with Crippen LogP contribution in [0.15, 0.2) is 54.6 Å². The van der Waals surface area contributed by atoms with Crippen molar-refractivity contribution in [3.63, 3.8) is 0 Å². The number of hydrogen-bond donors (Lipinski definition) is 2. The minimum absolute atomic E-state index is 0.131. The highest BCUT2D eigenvalue weighted by molar-refractivity contribution is 6.09. The van der Waals surface area contributed by atoms with Crippen LogP contribution in [0.5, 0.6) is 0 Å². The Balaban J connectivity index is 1.62. The van der Waals surface area contributed by atoms with Gasteiger partial charge in [-0.2, -0.15) is 0 Å². The molecule has 0 bridgehead atoms. The van der Waals surface area contributed by atoms with Crippen LogP contribution in [-0.4, -0.2) is 35.8 Å². The Labute approximate surface area is 164 Å². The molecule has 1 heterocycles. The standard InChI is InChI=1S/C22H25N3O3/c1-15-9-11-18(12-10-15)22(3)20(27)25(21(28)24-22)14-19(26)23-13-16(2)17-7-5-4-6-8-17/h4-12,16H,13-14H2,1-3H3,(H,23,26)(H,24,28)/t16-,22+/m1/s1. The Morgan fingerprint density at radius 1 is 1.11 bits per heavy atom. The molecule has 0 aliphatic carbocycles. The summed E-state index contributed by atoms with van der Waals surface area (Å²) in [4.78, 5) is 38.5. The van der Waals surface area contributed by atoms with Gasteiger partial charge in [0.15, 0.2) is 0 Å². The molecule has 146 valence electrons. The summed E-state index contributed by atoms with van der Waals surface area (Å²) in [5.74, 6) is -0.655. The van der Waals surface area contributed by atoms with Crippen molar-refractivity contribution in [3.05, 3.63) is 71.3 Å². The molecule has 6 nitrogen and oxygen atoms in total. The van der Waals surface area contributed by atoms with Crippen LogP contribution in [0, 0.1) is 6.92 Å². The number of nitrogens with one attached hydrogen (secondary N) is 2. The zero-order chi connectivity index (χ0) is 20.3. The smallest absolute Gasteiger partial charge is 0.325 e. The molecule has 3 rings (SSSR count). The predicted octanol–water partition coefficient (Wildman–Crippen LogP) is 2.68. The first-order valence-corrected chi connectivity index (χ1v) is 9.34. The molecule has 0 saturated carbocycles. The number of urea groups is 1. The quantitative estimate of drug-likeness (QED) is 0.758. The number of rotatable bonds is 6. The third-order valence-corrected chi connectivity index (χ3v) is 5.18. The maximum Gasteiger partial charge on any atom is 0.325 e. The van der Waals surface area contributed by atoms with Gasteiger partial charge < -0.3 is 10.6 Å². The molecule has 6 heteroatoms. The van der Waals surface area contributed by atoms with E-state index in [0.29, 0.717) is 12.1 Å². The third kappa shape index (κ3) is 3.91. The number of carbonyl (C=O) groups excluding carboxylic acids is 3. The van der Waals surface area contributed by atoms with E-state index < -0.39 is 17.5 Å². The van der Waals surface area contributed by atoms with Crippen molar-refractivity contribution in [2.45, 2.75) is 32.2 Å². The minimum Gasteiger partial charge on any atom is -0.354 e. The zero-order valence-electron chi connectivity index (χ0n) is 16.4. The number of carbonyl (C=O) groups is 3. The fraction of sp³-hybridized carbons (Fsp3) is 0.318. The summed E-state index contributed by atoms with van der Waals surface area (Å²) >= 11 is 0. The van der Waals surface area contributed by atoms with Crippen molar-refractivity contribution in [1.29, 1.82) is 0 Å². The molecule has 0 unspecified atom stereocenters. The average Bonchev–Trinajstić information content (AvgIpc) is 2.91. The van der Waals surface area contributed by atoms with Gasteiger partial charge in [0.25, 0.3) is 5.91 Å². The highest BCUT2D eigenvalue weighted by Crippen LogP contribution is 2.28. The Bertz CT molecular complexity index is 880. The number of imide groups is 1. The lowest BCUT2D eigenvalue weighted by molar-refractivity contribution is -0.134. The van der Waals surface area contributed by atoms with Gasteiger partial charge in [-0.25, -0.2) is 4.79 Å². The Kier molecular flexibility index (Phi) is 5.49. The molecule has 0 spiro atoms. The van der Waals surface area contributed by atoms with Crippen LogP contribution in [0.25, 0.3) is 0 Å². The van der Waals surface area contributed by atoms with E-state index >= 15 is 0 Å². The summed E-state index contributed by atoms with van der Waals surface area (Å²) in [5, 5.41) is 5.53. The number of aryl methyl sites for hydroxylation is 1. The molecule has 28 heavy (non-hydrogen) atoms. The first-order chi connectivity index (χ1) is 13.3. The largest absolute Gasteiger partial charge is 0.354 e.